The minimum Gasteiger partial charge on any atom is -0.497 e. The molecule has 12 heteroatoms. The summed E-state index contributed by atoms with van der Waals surface area (Å²) in [6.07, 6.45) is 0. The Morgan fingerprint density at radius 1 is 0.212 bits per heavy atom. The molecule has 0 aromatic heterocycles. The van der Waals surface area contributed by atoms with Gasteiger partial charge in [-0.1, -0.05) is 72.8 Å². The van der Waals surface area contributed by atoms with Crippen molar-refractivity contribution in [1.29, 1.82) is 0 Å². The van der Waals surface area contributed by atoms with Crippen LogP contribution >= 0.6 is 70.6 Å². The highest BCUT2D eigenvalue weighted by Gasteiger charge is 2.27. The van der Waals surface area contributed by atoms with Crippen LogP contribution in [0.3, 0.4) is 0 Å². The number of thioether (sulfide) groups is 6. The fraction of sp³-hybridized carbons (Fsp3) is 0.222. The highest BCUT2D eigenvalue weighted by molar-refractivity contribution is 8.06. The van der Waals surface area contributed by atoms with Crippen LogP contribution in [0.4, 0.5) is 0 Å². The second-order valence-corrected chi connectivity index (χ2v) is 20.7. The van der Waals surface area contributed by atoms with E-state index in [0.29, 0.717) is 0 Å². The van der Waals surface area contributed by atoms with E-state index in [2.05, 4.69) is 146 Å². The van der Waals surface area contributed by atoms with Gasteiger partial charge in [-0.05, 0) is 106 Å². The van der Waals surface area contributed by atoms with E-state index >= 15 is 0 Å². The predicted molar refractivity (Wildman–Crippen MR) is 282 cm³/mol. The highest BCUT2D eigenvalue weighted by Crippen LogP contribution is 2.56. The summed E-state index contributed by atoms with van der Waals surface area (Å²) in [7, 11) is 10.3. The summed E-state index contributed by atoms with van der Waals surface area (Å²) in [5.74, 6) is 9.85. The summed E-state index contributed by atoms with van der Waals surface area (Å²) in [4.78, 5) is 7.78. The van der Waals surface area contributed by atoms with Crippen LogP contribution in [0.25, 0.3) is 0 Å². The first-order valence-electron chi connectivity index (χ1n) is 21.2. The Labute approximate surface area is 416 Å². The van der Waals surface area contributed by atoms with Gasteiger partial charge >= 0.3 is 0 Å². The maximum Gasteiger partial charge on any atom is 0.118 e. The topological polar surface area (TPSA) is 55.4 Å². The molecule has 7 aromatic rings. The van der Waals surface area contributed by atoms with Crippen molar-refractivity contribution in [2.75, 3.05) is 42.7 Å². The van der Waals surface area contributed by atoms with E-state index in [-0.39, 0.29) is 0 Å². The molecule has 0 N–H and O–H groups in total. The molecule has 0 fully saturated rings. The molecule has 0 spiro atoms. The predicted octanol–water partition coefficient (Wildman–Crippen LogP) is 15.5. The van der Waals surface area contributed by atoms with Gasteiger partial charge in [0.05, 0.1) is 42.7 Å². The van der Waals surface area contributed by atoms with Crippen molar-refractivity contribution in [3.05, 3.63) is 179 Å². The lowest BCUT2D eigenvalue weighted by Crippen LogP contribution is -2.00. The van der Waals surface area contributed by atoms with Crippen molar-refractivity contribution in [2.24, 2.45) is 0 Å². The van der Waals surface area contributed by atoms with E-state index in [4.69, 9.17) is 28.4 Å². The third kappa shape index (κ3) is 13.8. The molecular weight excluding hydrogens is 937 g/mol. The van der Waals surface area contributed by atoms with Gasteiger partial charge in [0, 0.05) is 63.9 Å². The largest absolute Gasteiger partial charge is 0.497 e. The molecule has 0 saturated carbocycles. The van der Waals surface area contributed by atoms with Crippen LogP contribution in [-0.2, 0) is 34.5 Å². The lowest BCUT2D eigenvalue weighted by Gasteiger charge is -2.26. The van der Waals surface area contributed by atoms with Gasteiger partial charge in [0.25, 0.3) is 0 Å². The Morgan fingerprint density at radius 3 is 0.439 bits per heavy atom. The molecule has 0 heterocycles. The molecule has 0 aliphatic heterocycles. The average molecular weight is 991 g/mol. The molecule has 0 aliphatic carbocycles. The van der Waals surface area contributed by atoms with E-state index in [9.17, 15) is 0 Å². The van der Waals surface area contributed by atoms with Gasteiger partial charge in [0.1, 0.15) is 34.5 Å². The van der Waals surface area contributed by atoms with Crippen molar-refractivity contribution in [3.8, 4) is 34.5 Å². The summed E-state index contributed by atoms with van der Waals surface area (Å²) >= 11 is 11.6. The Balaban J connectivity index is 1.43. The maximum absolute atomic E-state index is 5.55. The minimum absolute atomic E-state index is 0.791. The Hall–Kier alpha value is -4.56. The molecule has 66 heavy (non-hydrogen) atoms. The molecule has 0 radical (unpaired) electrons. The number of methoxy groups -OCH3 is 6. The number of ether oxygens (including phenoxy) is 6. The van der Waals surface area contributed by atoms with Gasteiger partial charge < -0.3 is 28.4 Å². The zero-order valence-electron chi connectivity index (χ0n) is 38.0. The zero-order valence-corrected chi connectivity index (χ0v) is 42.9. The lowest BCUT2D eigenvalue weighted by atomic mass is 10.2. The molecule has 7 rings (SSSR count). The van der Waals surface area contributed by atoms with Crippen LogP contribution in [-0.4, -0.2) is 42.7 Å². The van der Waals surface area contributed by atoms with Crippen LogP contribution in [0.2, 0.25) is 0 Å². The van der Waals surface area contributed by atoms with Crippen molar-refractivity contribution in [2.45, 2.75) is 63.9 Å². The van der Waals surface area contributed by atoms with Crippen LogP contribution in [0, 0.1) is 0 Å². The van der Waals surface area contributed by atoms with Crippen molar-refractivity contribution >= 4 is 70.6 Å². The Bertz CT molecular complexity index is 2080. The molecule has 0 saturated heterocycles. The quantitative estimate of drug-likeness (QED) is 0.0542. The van der Waals surface area contributed by atoms with Crippen molar-refractivity contribution < 1.29 is 28.4 Å². The summed E-state index contributed by atoms with van der Waals surface area (Å²) in [6.45, 7) is 0. The minimum atomic E-state index is 0.791. The van der Waals surface area contributed by atoms with Crippen molar-refractivity contribution in [3.63, 3.8) is 0 Å². The number of hydrogen-bond acceptors (Lipinski definition) is 12. The molecule has 342 valence electrons. The smallest absolute Gasteiger partial charge is 0.118 e. The second-order valence-electron chi connectivity index (χ2n) is 14.8. The van der Waals surface area contributed by atoms with Gasteiger partial charge in [0.15, 0.2) is 0 Å². The van der Waals surface area contributed by atoms with E-state index in [1.165, 1.54) is 62.8 Å². The second kappa shape index (κ2) is 25.5. The molecular formula is C54H54O6S6. The summed E-state index contributed by atoms with van der Waals surface area (Å²) in [6, 6.07) is 50.8. The number of rotatable bonds is 24. The van der Waals surface area contributed by atoms with E-state index < -0.39 is 0 Å². The fourth-order valence-corrected chi connectivity index (χ4v) is 15.0. The zero-order chi connectivity index (χ0) is 46.1. The first-order chi connectivity index (χ1) is 32.4. The van der Waals surface area contributed by atoms with Crippen LogP contribution in [0.1, 0.15) is 33.4 Å². The molecule has 0 unspecified atom stereocenters. The van der Waals surface area contributed by atoms with E-state index in [1.54, 1.807) is 42.7 Å². The van der Waals surface area contributed by atoms with E-state index in [1.807, 2.05) is 70.6 Å². The normalized spacial score (nSPS) is 11.0. The summed E-state index contributed by atoms with van der Waals surface area (Å²) in [5, 5.41) is 0. The molecule has 0 atom stereocenters. The third-order valence-corrected chi connectivity index (χ3v) is 18.3. The van der Waals surface area contributed by atoms with E-state index in [0.717, 1.165) is 69.0 Å². The van der Waals surface area contributed by atoms with Crippen LogP contribution in [0.5, 0.6) is 34.5 Å². The highest BCUT2D eigenvalue weighted by atomic mass is 32.2. The van der Waals surface area contributed by atoms with Gasteiger partial charge in [-0.2, -0.15) is 0 Å². The molecule has 7 aromatic carbocycles. The van der Waals surface area contributed by atoms with Crippen LogP contribution < -0.4 is 28.4 Å². The molecule has 0 bridgehead atoms. The Morgan fingerprint density at radius 2 is 0.333 bits per heavy atom. The first-order valence-corrected chi connectivity index (χ1v) is 27.1. The fourth-order valence-electron chi connectivity index (χ4n) is 6.67. The maximum atomic E-state index is 5.55. The first kappa shape index (κ1) is 49.3. The van der Waals surface area contributed by atoms with Crippen LogP contribution in [0.15, 0.2) is 175 Å². The number of hydrogen-bond donors (Lipinski definition) is 0. The van der Waals surface area contributed by atoms with Gasteiger partial charge in [-0.15, -0.1) is 70.6 Å². The summed E-state index contributed by atoms with van der Waals surface area (Å²) in [5.41, 5.74) is 7.39. The summed E-state index contributed by atoms with van der Waals surface area (Å²) < 4.78 is 33.3. The van der Waals surface area contributed by atoms with Crippen molar-refractivity contribution in [1.82, 2.24) is 0 Å². The molecule has 6 nitrogen and oxygen atoms in total. The monoisotopic (exact) mass is 990 g/mol. The third-order valence-electron chi connectivity index (χ3n) is 10.5. The molecule has 0 amide bonds. The van der Waals surface area contributed by atoms with Gasteiger partial charge in [0.2, 0.25) is 0 Å². The molecule has 0 aliphatic rings. The average Bonchev–Trinajstić information content (AvgIpc) is 3.38. The standard InChI is InChI=1S/C54H54O6S6/c1-55-43-19-7-37(8-20-43)31-61-49-50(62-32-38-9-21-44(56-2)22-10-38)52(64-34-40-13-25-46(58-4)26-14-40)54(66-36-42-17-29-48(60-6)30-18-42)53(65-35-41-15-27-47(59-5)28-16-41)51(49)63-33-39-11-23-45(57-3)24-12-39/h7-30H,31-36H2,1-6H3. The SMILES string of the molecule is COc1ccc(CSc2c(SCc3ccc(OC)cc3)c(SCc3ccc(OC)cc3)c(SCc3ccc(OC)cc3)c(SCc3ccc(OC)cc3)c2SCc2ccc(OC)cc2)cc1. The lowest BCUT2D eigenvalue weighted by molar-refractivity contribution is 0.414. The number of benzene rings is 7. The van der Waals surface area contributed by atoms with Gasteiger partial charge in [-0.25, -0.2) is 0 Å². The Kier molecular flexibility index (Phi) is 19.1. The van der Waals surface area contributed by atoms with Gasteiger partial charge in [-0.3, -0.25) is 0 Å².